The van der Waals surface area contributed by atoms with E-state index in [0.717, 1.165) is 17.1 Å². The van der Waals surface area contributed by atoms with Crippen molar-refractivity contribution in [3.63, 3.8) is 0 Å². The molecule has 1 N–H and O–H groups in total. The van der Waals surface area contributed by atoms with Crippen molar-refractivity contribution < 1.29 is 4.90 Å². The fraction of sp³-hybridized carbons (Fsp3) is 0.389. The molecule has 0 fully saturated rings. The van der Waals surface area contributed by atoms with Gasteiger partial charge in [-0.05, 0) is 12.5 Å². The third-order valence-electron chi connectivity index (χ3n) is 3.76. The van der Waals surface area contributed by atoms with Crippen LogP contribution < -0.4 is 4.90 Å². The van der Waals surface area contributed by atoms with Crippen LogP contribution in [-0.2, 0) is 6.42 Å². The molecule has 4 nitrogen and oxygen atoms in total. The number of rotatable bonds is 7. The van der Waals surface area contributed by atoms with Crippen LogP contribution in [0.4, 0.5) is 0 Å². The number of aryl methyl sites for hydroxylation is 1. The first-order chi connectivity index (χ1) is 11.1. The molecule has 0 saturated heterocycles. The Morgan fingerprint density at radius 2 is 2.09 bits per heavy atom. The van der Waals surface area contributed by atoms with Gasteiger partial charge in [-0.1, -0.05) is 30.3 Å². The van der Waals surface area contributed by atoms with Gasteiger partial charge in [0.2, 0.25) is 0 Å². The van der Waals surface area contributed by atoms with E-state index < -0.39 is 0 Å². The lowest BCUT2D eigenvalue weighted by Crippen LogP contribution is -3.11. The molecule has 2 aromatic rings. The Hall–Kier alpha value is -2.03. The molecular formula is C18H23N4S+. The first-order valence-electron chi connectivity index (χ1n) is 7.75. The molecule has 120 valence electrons. The second kappa shape index (κ2) is 8.56. The number of benzene rings is 1. The second-order valence-electron chi connectivity index (χ2n) is 5.91. The molecule has 0 unspecified atom stereocenters. The molecule has 1 heterocycles. The standard InChI is InChI=1S/C18H22N4S/c1-14-13-23-18(21-14)16(10-19)11-20-12-17(22(2)3)9-15-7-5-4-6-8-15/h4-8,11,13,16-17H,9,12H2,1-3H3/p+1/t16-,17-/m1/s1. The summed E-state index contributed by atoms with van der Waals surface area (Å²) in [6.07, 6.45) is 2.73. The maximum absolute atomic E-state index is 9.32. The third kappa shape index (κ3) is 5.27. The lowest BCUT2D eigenvalue weighted by molar-refractivity contribution is -0.883. The predicted molar refractivity (Wildman–Crippen MR) is 95.3 cm³/mol. The molecule has 0 aliphatic carbocycles. The van der Waals surface area contributed by atoms with E-state index in [1.54, 1.807) is 6.21 Å². The minimum Gasteiger partial charge on any atom is -0.336 e. The number of thiazole rings is 1. The Balaban J connectivity index is 1.99. The Labute approximate surface area is 142 Å². The van der Waals surface area contributed by atoms with Gasteiger partial charge in [0.25, 0.3) is 0 Å². The summed E-state index contributed by atoms with van der Waals surface area (Å²) >= 11 is 1.52. The second-order valence-corrected chi connectivity index (χ2v) is 6.80. The van der Waals surface area contributed by atoms with E-state index in [1.165, 1.54) is 21.8 Å². The summed E-state index contributed by atoms with van der Waals surface area (Å²) in [6, 6.07) is 13.1. The zero-order valence-corrected chi connectivity index (χ0v) is 14.7. The van der Waals surface area contributed by atoms with Gasteiger partial charge in [0.1, 0.15) is 17.0 Å². The Bertz CT molecular complexity index is 670. The average Bonchev–Trinajstić information content (AvgIpc) is 2.97. The molecular weight excluding hydrogens is 304 g/mol. The van der Waals surface area contributed by atoms with E-state index in [0.29, 0.717) is 12.6 Å². The highest BCUT2D eigenvalue weighted by atomic mass is 32.1. The number of nitriles is 1. The Kier molecular flexibility index (Phi) is 6.45. The molecule has 0 aliphatic rings. The van der Waals surface area contributed by atoms with Crippen LogP contribution in [0.15, 0.2) is 40.7 Å². The molecule has 1 aromatic carbocycles. The normalized spacial score (nSPS) is 14.0. The number of hydrogen-bond donors (Lipinski definition) is 1. The van der Waals surface area contributed by atoms with E-state index in [1.807, 2.05) is 18.4 Å². The van der Waals surface area contributed by atoms with E-state index in [2.05, 4.69) is 54.4 Å². The number of nitrogens with zero attached hydrogens (tertiary/aromatic N) is 3. The maximum Gasteiger partial charge on any atom is 0.133 e. The van der Waals surface area contributed by atoms with Crippen molar-refractivity contribution in [2.24, 2.45) is 4.99 Å². The van der Waals surface area contributed by atoms with Gasteiger partial charge in [0.15, 0.2) is 0 Å². The van der Waals surface area contributed by atoms with Crippen molar-refractivity contribution in [2.45, 2.75) is 25.3 Å². The molecule has 0 saturated carbocycles. The van der Waals surface area contributed by atoms with Crippen LogP contribution in [0.3, 0.4) is 0 Å². The number of aliphatic imine (C=N–C) groups is 1. The first-order valence-corrected chi connectivity index (χ1v) is 8.63. The molecule has 0 aliphatic heterocycles. The molecule has 0 spiro atoms. The van der Waals surface area contributed by atoms with Crippen LogP contribution in [0, 0.1) is 18.3 Å². The highest BCUT2D eigenvalue weighted by Crippen LogP contribution is 2.18. The predicted octanol–water partition coefficient (Wildman–Crippen LogP) is 1.89. The van der Waals surface area contributed by atoms with Gasteiger partial charge in [-0.3, -0.25) is 4.99 Å². The number of aromatic nitrogens is 1. The summed E-state index contributed by atoms with van der Waals surface area (Å²) in [4.78, 5) is 10.3. The Morgan fingerprint density at radius 3 is 2.65 bits per heavy atom. The minimum atomic E-state index is -0.344. The molecule has 0 amide bonds. The van der Waals surface area contributed by atoms with Crippen molar-refractivity contribution in [1.82, 2.24) is 4.98 Å². The quantitative estimate of drug-likeness (QED) is 0.790. The summed E-state index contributed by atoms with van der Waals surface area (Å²) in [6.45, 7) is 2.65. The number of nitrogens with one attached hydrogen (secondary N) is 1. The van der Waals surface area contributed by atoms with Gasteiger partial charge in [-0.15, -0.1) is 11.3 Å². The summed E-state index contributed by atoms with van der Waals surface area (Å²) in [5.41, 5.74) is 2.28. The molecule has 23 heavy (non-hydrogen) atoms. The van der Waals surface area contributed by atoms with E-state index in [4.69, 9.17) is 0 Å². The Morgan fingerprint density at radius 1 is 1.35 bits per heavy atom. The van der Waals surface area contributed by atoms with Gasteiger partial charge in [0, 0.05) is 23.7 Å². The lowest BCUT2D eigenvalue weighted by atomic mass is 10.1. The van der Waals surface area contributed by atoms with Crippen LogP contribution in [0.5, 0.6) is 0 Å². The molecule has 1 aromatic heterocycles. The monoisotopic (exact) mass is 327 g/mol. The highest BCUT2D eigenvalue weighted by molar-refractivity contribution is 7.09. The smallest absolute Gasteiger partial charge is 0.133 e. The zero-order valence-electron chi connectivity index (χ0n) is 13.9. The summed E-state index contributed by atoms with van der Waals surface area (Å²) in [5, 5.41) is 12.1. The molecule has 2 atom stereocenters. The zero-order chi connectivity index (χ0) is 16.7. The van der Waals surface area contributed by atoms with Gasteiger partial charge < -0.3 is 4.90 Å². The van der Waals surface area contributed by atoms with Crippen LogP contribution in [0.25, 0.3) is 0 Å². The molecule has 2 rings (SSSR count). The van der Waals surface area contributed by atoms with Gasteiger partial charge in [0.05, 0.1) is 26.7 Å². The number of hydrogen-bond acceptors (Lipinski definition) is 4. The summed E-state index contributed by atoms with van der Waals surface area (Å²) < 4.78 is 0. The maximum atomic E-state index is 9.32. The van der Waals surface area contributed by atoms with Crippen LogP contribution in [-0.4, -0.2) is 37.9 Å². The summed E-state index contributed by atoms with van der Waals surface area (Å²) in [5.74, 6) is -0.344. The highest BCUT2D eigenvalue weighted by Gasteiger charge is 2.16. The number of quaternary nitrogens is 1. The van der Waals surface area contributed by atoms with Crippen LogP contribution >= 0.6 is 11.3 Å². The SMILES string of the molecule is Cc1csc([C@H](C#N)C=NC[C@@H](Cc2ccccc2)[NH+](C)C)n1. The first kappa shape index (κ1) is 17.3. The van der Waals surface area contributed by atoms with Crippen molar-refractivity contribution >= 4 is 17.6 Å². The minimum absolute atomic E-state index is 0.344. The topological polar surface area (TPSA) is 53.5 Å². The van der Waals surface area contributed by atoms with Crippen LogP contribution in [0.2, 0.25) is 0 Å². The van der Waals surface area contributed by atoms with E-state index >= 15 is 0 Å². The van der Waals surface area contributed by atoms with E-state index in [-0.39, 0.29) is 5.92 Å². The third-order valence-corrected chi connectivity index (χ3v) is 4.81. The van der Waals surface area contributed by atoms with Crippen LogP contribution in [0.1, 0.15) is 22.2 Å². The van der Waals surface area contributed by atoms with E-state index in [9.17, 15) is 5.26 Å². The lowest BCUT2D eigenvalue weighted by Gasteiger charge is -2.19. The molecule has 0 bridgehead atoms. The van der Waals surface area contributed by atoms with Crippen molar-refractivity contribution in [3.8, 4) is 6.07 Å². The summed E-state index contributed by atoms with van der Waals surface area (Å²) in [7, 11) is 4.30. The van der Waals surface area contributed by atoms with Gasteiger partial charge in [-0.25, -0.2) is 4.98 Å². The van der Waals surface area contributed by atoms with Crippen molar-refractivity contribution in [3.05, 3.63) is 52.0 Å². The molecule has 5 heteroatoms. The van der Waals surface area contributed by atoms with Crippen molar-refractivity contribution in [2.75, 3.05) is 20.6 Å². The van der Waals surface area contributed by atoms with Gasteiger partial charge in [-0.2, -0.15) is 5.26 Å². The number of likely N-dealkylation sites (N-methyl/N-ethyl adjacent to an activating group) is 1. The fourth-order valence-electron chi connectivity index (χ4n) is 2.31. The van der Waals surface area contributed by atoms with Gasteiger partial charge >= 0.3 is 0 Å². The fourth-order valence-corrected chi connectivity index (χ4v) is 3.11. The largest absolute Gasteiger partial charge is 0.336 e. The average molecular weight is 327 g/mol. The van der Waals surface area contributed by atoms with Crippen molar-refractivity contribution in [1.29, 1.82) is 5.26 Å². The molecule has 0 radical (unpaired) electrons.